The second-order valence-electron chi connectivity index (χ2n) is 5.45. The molecule has 3 rings (SSSR count). The number of nitro benzene ring substituents is 1. The molecular formula is C17H15N3O3. The van der Waals surface area contributed by atoms with Crippen molar-refractivity contribution in [2.75, 3.05) is 0 Å². The molecule has 1 aliphatic rings. The first kappa shape index (κ1) is 14.9. The lowest BCUT2D eigenvalue weighted by atomic mass is 10.1. The molecule has 1 saturated carbocycles. The highest BCUT2D eigenvalue weighted by Gasteiger charge is 2.43. The Labute approximate surface area is 133 Å². The van der Waals surface area contributed by atoms with E-state index in [9.17, 15) is 14.9 Å². The molecule has 0 heterocycles. The summed E-state index contributed by atoms with van der Waals surface area (Å²) in [6.07, 6.45) is 2.23. The second kappa shape index (κ2) is 6.39. The van der Waals surface area contributed by atoms with Crippen molar-refractivity contribution in [2.45, 2.75) is 12.3 Å². The maximum atomic E-state index is 12.0. The van der Waals surface area contributed by atoms with Crippen LogP contribution in [-0.2, 0) is 4.79 Å². The summed E-state index contributed by atoms with van der Waals surface area (Å²) in [5.41, 5.74) is 4.22. The molecule has 23 heavy (non-hydrogen) atoms. The van der Waals surface area contributed by atoms with Crippen LogP contribution < -0.4 is 5.43 Å². The van der Waals surface area contributed by atoms with Gasteiger partial charge in [0.25, 0.3) is 5.69 Å². The van der Waals surface area contributed by atoms with E-state index in [2.05, 4.69) is 10.5 Å². The largest absolute Gasteiger partial charge is 0.273 e. The third-order valence-corrected chi connectivity index (χ3v) is 3.82. The van der Waals surface area contributed by atoms with Gasteiger partial charge in [-0.15, -0.1) is 0 Å². The van der Waals surface area contributed by atoms with Gasteiger partial charge in [-0.25, -0.2) is 5.43 Å². The summed E-state index contributed by atoms with van der Waals surface area (Å²) >= 11 is 0. The number of hydrogen-bond acceptors (Lipinski definition) is 4. The van der Waals surface area contributed by atoms with Crippen LogP contribution in [0, 0.1) is 16.0 Å². The van der Waals surface area contributed by atoms with E-state index in [-0.39, 0.29) is 23.4 Å². The monoisotopic (exact) mass is 309 g/mol. The Bertz CT molecular complexity index is 759. The highest BCUT2D eigenvalue weighted by atomic mass is 16.6. The summed E-state index contributed by atoms with van der Waals surface area (Å²) < 4.78 is 0. The molecule has 2 aromatic rings. The first-order chi connectivity index (χ1) is 11.1. The van der Waals surface area contributed by atoms with Gasteiger partial charge in [0.05, 0.1) is 11.1 Å². The minimum absolute atomic E-state index is 0.00777. The van der Waals surface area contributed by atoms with Gasteiger partial charge in [-0.1, -0.05) is 42.5 Å². The predicted octanol–water partition coefficient (Wildman–Crippen LogP) is 2.85. The van der Waals surface area contributed by atoms with Crippen LogP contribution in [0.1, 0.15) is 23.5 Å². The van der Waals surface area contributed by atoms with Crippen molar-refractivity contribution in [2.24, 2.45) is 11.0 Å². The van der Waals surface area contributed by atoms with Gasteiger partial charge < -0.3 is 0 Å². The van der Waals surface area contributed by atoms with E-state index in [0.717, 1.165) is 12.0 Å². The van der Waals surface area contributed by atoms with Gasteiger partial charge in [-0.05, 0) is 17.9 Å². The van der Waals surface area contributed by atoms with E-state index < -0.39 is 4.92 Å². The lowest BCUT2D eigenvalue weighted by Crippen LogP contribution is -2.20. The summed E-state index contributed by atoms with van der Waals surface area (Å²) in [4.78, 5) is 22.2. The van der Waals surface area contributed by atoms with Crippen molar-refractivity contribution < 1.29 is 9.72 Å². The molecule has 2 atom stereocenters. The van der Waals surface area contributed by atoms with Crippen molar-refractivity contribution in [3.8, 4) is 0 Å². The van der Waals surface area contributed by atoms with Crippen LogP contribution in [0.15, 0.2) is 59.7 Å². The van der Waals surface area contributed by atoms with Gasteiger partial charge in [0.15, 0.2) is 0 Å². The number of benzene rings is 2. The Balaban J connectivity index is 1.56. The highest BCUT2D eigenvalue weighted by Crippen LogP contribution is 2.47. The highest BCUT2D eigenvalue weighted by molar-refractivity contribution is 5.85. The molecule has 0 bridgehead atoms. The molecule has 6 nitrogen and oxygen atoms in total. The van der Waals surface area contributed by atoms with Gasteiger partial charge in [0, 0.05) is 23.6 Å². The number of non-ortho nitro benzene ring substituents is 1. The van der Waals surface area contributed by atoms with Gasteiger partial charge >= 0.3 is 0 Å². The molecule has 1 fully saturated rings. The molecule has 0 saturated heterocycles. The fourth-order valence-electron chi connectivity index (χ4n) is 2.53. The third-order valence-electron chi connectivity index (χ3n) is 3.82. The van der Waals surface area contributed by atoms with E-state index in [1.165, 1.54) is 18.3 Å². The van der Waals surface area contributed by atoms with Crippen LogP contribution in [0.3, 0.4) is 0 Å². The number of nitro groups is 1. The molecule has 0 aliphatic heterocycles. The lowest BCUT2D eigenvalue weighted by molar-refractivity contribution is -0.384. The normalized spacial score (nSPS) is 19.5. The van der Waals surface area contributed by atoms with Crippen LogP contribution in [0.25, 0.3) is 0 Å². The number of hydrogen-bond donors (Lipinski definition) is 1. The Hall–Kier alpha value is -3.02. The molecule has 0 unspecified atom stereocenters. The van der Waals surface area contributed by atoms with E-state index in [0.29, 0.717) is 5.56 Å². The number of rotatable bonds is 5. The Morgan fingerprint density at radius 3 is 2.74 bits per heavy atom. The minimum Gasteiger partial charge on any atom is -0.273 e. The smallest absolute Gasteiger partial charge is 0.270 e. The Kier molecular flexibility index (Phi) is 4.14. The van der Waals surface area contributed by atoms with Crippen molar-refractivity contribution >= 4 is 17.8 Å². The lowest BCUT2D eigenvalue weighted by Gasteiger charge is -2.00. The van der Waals surface area contributed by atoms with Crippen molar-refractivity contribution in [3.05, 3.63) is 75.8 Å². The van der Waals surface area contributed by atoms with Crippen LogP contribution in [0.5, 0.6) is 0 Å². The fraction of sp³-hybridized carbons (Fsp3) is 0.176. The van der Waals surface area contributed by atoms with E-state index in [1.807, 2.05) is 30.3 Å². The van der Waals surface area contributed by atoms with E-state index in [4.69, 9.17) is 0 Å². The second-order valence-corrected chi connectivity index (χ2v) is 5.45. The summed E-state index contributed by atoms with van der Waals surface area (Å²) in [5, 5.41) is 14.6. The number of nitrogens with zero attached hydrogens (tertiary/aromatic N) is 2. The molecule has 1 N–H and O–H groups in total. The number of amides is 1. The van der Waals surface area contributed by atoms with Crippen LogP contribution in [0.4, 0.5) is 5.69 Å². The Morgan fingerprint density at radius 2 is 2.00 bits per heavy atom. The van der Waals surface area contributed by atoms with Crippen molar-refractivity contribution in [3.63, 3.8) is 0 Å². The first-order valence-electron chi connectivity index (χ1n) is 7.27. The van der Waals surface area contributed by atoms with Gasteiger partial charge in [0.1, 0.15) is 0 Å². The summed E-state index contributed by atoms with van der Waals surface area (Å²) in [6, 6.07) is 16.0. The molecule has 1 amide bonds. The zero-order chi connectivity index (χ0) is 16.2. The topological polar surface area (TPSA) is 84.6 Å². The van der Waals surface area contributed by atoms with Crippen LogP contribution in [-0.4, -0.2) is 17.0 Å². The molecule has 0 radical (unpaired) electrons. The molecule has 6 heteroatoms. The third kappa shape index (κ3) is 3.60. The quantitative estimate of drug-likeness (QED) is 0.523. The molecule has 0 aromatic heterocycles. The van der Waals surface area contributed by atoms with Crippen molar-refractivity contribution in [1.29, 1.82) is 0 Å². The summed E-state index contributed by atoms with van der Waals surface area (Å²) in [6.45, 7) is 0. The van der Waals surface area contributed by atoms with Gasteiger partial charge in [0.2, 0.25) is 5.91 Å². The van der Waals surface area contributed by atoms with E-state index >= 15 is 0 Å². The molecule has 0 spiro atoms. The maximum absolute atomic E-state index is 12.0. The van der Waals surface area contributed by atoms with Crippen LogP contribution >= 0.6 is 0 Å². The number of carbonyl (C=O) groups is 1. The van der Waals surface area contributed by atoms with Crippen LogP contribution in [0.2, 0.25) is 0 Å². The number of carbonyl (C=O) groups excluding carboxylic acids is 1. The molecule has 1 aliphatic carbocycles. The zero-order valence-electron chi connectivity index (χ0n) is 12.3. The molecule has 116 valence electrons. The average Bonchev–Trinajstić information content (AvgIpc) is 3.36. The first-order valence-corrected chi connectivity index (χ1v) is 7.27. The average molecular weight is 309 g/mol. The summed E-state index contributed by atoms with van der Waals surface area (Å²) in [7, 11) is 0. The SMILES string of the molecule is O=C(N/N=C\c1cccc([N+](=O)[O-])c1)[C@H]1C[C@H]1c1ccccc1. The molecular weight excluding hydrogens is 294 g/mol. The fourth-order valence-corrected chi connectivity index (χ4v) is 2.53. The van der Waals surface area contributed by atoms with Gasteiger partial charge in [-0.3, -0.25) is 14.9 Å². The number of hydrazone groups is 1. The Morgan fingerprint density at radius 1 is 1.22 bits per heavy atom. The standard InChI is InChI=1S/C17H15N3O3/c21-17(16-10-15(16)13-6-2-1-3-7-13)19-18-11-12-5-4-8-14(9-12)20(22)23/h1-9,11,15-16H,10H2,(H,19,21)/b18-11-/t15-,16-/m0/s1. The maximum Gasteiger partial charge on any atom is 0.270 e. The van der Waals surface area contributed by atoms with E-state index in [1.54, 1.807) is 12.1 Å². The summed E-state index contributed by atoms with van der Waals surface area (Å²) in [5.74, 6) is 0.0735. The number of nitrogens with one attached hydrogen (secondary N) is 1. The minimum atomic E-state index is -0.468. The van der Waals surface area contributed by atoms with Crippen molar-refractivity contribution in [1.82, 2.24) is 5.43 Å². The van der Waals surface area contributed by atoms with Gasteiger partial charge in [-0.2, -0.15) is 5.10 Å². The molecule has 2 aromatic carbocycles. The predicted molar refractivity (Wildman–Crippen MR) is 86.1 cm³/mol. The zero-order valence-corrected chi connectivity index (χ0v) is 12.3.